The zero-order valence-corrected chi connectivity index (χ0v) is 22.1. The van der Waals surface area contributed by atoms with Crippen LogP contribution in [-0.4, -0.2) is 58.7 Å². The molecule has 197 valence electrons. The number of halogens is 1. The Morgan fingerprint density at radius 3 is 2.86 bits per heavy atom. The number of anilines is 1. The molecule has 1 unspecified atom stereocenters. The van der Waals surface area contributed by atoms with Crippen LogP contribution in [0.25, 0.3) is 0 Å². The molecule has 2 N–H and O–H groups in total. The summed E-state index contributed by atoms with van der Waals surface area (Å²) >= 11 is 0. The van der Waals surface area contributed by atoms with Crippen LogP contribution in [0.4, 0.5) is 10.3 Å². The van der Waals surface area contributed by atoms with Crippen LogP contribution in [0.1, 0.15) is 48.9 Å². The van der Waals surface area contributed by atoms with Crippen LogP contribution >= 0.6 is 0 Å². The molecule has 2 fully saturated rings. The Hall–Kier alpha value is -3.58. The number of hydrogen-bond donors (Lipinski definition) is 2. The molecule has 1 radical (unpaired) electrons. The second kappa shape index (κ2) is 10.4. The molecule has 0 spiro atoms. The third-order valence-electron chi connectivity index (χ3n) is 7.44. The molecule has 2 saturated heterocycles. The van der Waals surface area contributed by atoms with Crippen molar-refractivity contribution in [3.63, 3.8) is 0 Å². The molecule has 2 aromatic rings. The Kier molecular flexibility index (Phi) is 7.26. The van der Waals surface area contributed by atoms with Crippen molar-refractivity contribution in [3.05, 3.63) is 60.0 Å². The van der Waals surface area contributed by atoms with Crippen molar-refractivity contribution in [2.45, 2.75) is 63.2 Å². The fourth-order valence-corrected chi connectivity index (χ4v) is 5.56. The second-order valence-corrected chi connectivity index (χ2v) is 9.75. The van der Waals surface area contributed by atoms with E-state index in [-0.39, 0.29) is 35.6 Å². The number of nitrogens with zero attached hydrogens (tertiary/aromatic N) is 3. The van der Waals surface area contributed by atoms with Crippen molar-refractivity contribution in [2.75, 3.05) is 25.1 Å². The van der Waals surface area contributed by atoms with Crippen LogP contribution in [0.3, 0.4) is 0 Å². The van der Waals surface area contributed by atoms with Gasteiger partial charge in [-0.1, -0.05) is 12.1 Å². The van der Waals surface area contributed by atoms with Gasteiger partial charge in [0.15, 0.2) is 0 Å². The second-order valence-electron chi connectivity index (χ2n) is 9.75. The van der Waals surface area contributed by atoms with Gasteiger partial charge in [-0.3, -0.25) is 4.79 Å². The first kappa shape index (κ1) is 24.5. The number of piperidine rings is 1. The summed E-state index contributed by atoms with van der Waals surface area (Å²) in [6.07, 6.45) is 5.19. The van der Waals surface area contributed by atoms with E-state index in [0.29, 0.717) is 25.0 Å². The summed E-state index contributed by atoms with van der Waals surface area (Å²) in [4.78, 5) is 25.2. The molecule has 7 nitrogen and oxygen atoms in total. The molecule has 1 aromatic heterocycles. The van der Waals surface area contributed by atoms with Gasteiger partial charge in [0.05, 0.1) is 12.2 Å². The quantitative estimate of drug-likeness (QED) is 0.472. The van der Waals surface area contributed by atoms with Gasteiger partial charge in [-0.15, -0.1) is 6.04 Å². The largest absolute Gasteiger partial charge is 0.381 e. The molecule has 35 heavy (non-hydrogen) atoms. The summed E-state index contributed by atoms with van der Waals surface area (Å²) in [5.74, 6) is -0.00838. The molecular weight excluding hydrogens is 695 g/mol. The van der Waals surface area contributed by atoms with Gasteiger partial charge >= 0.3 is 0 Å². The number of aromatic nitrogens is 2. The molecule has 4 atom stereocenters. The van der Waals surface area contributed by atoms with Gasteiger partial charge in [0.25, 0.3) is 0 Å². The summed E-state index contributed by atoms with van der Waals surface area (Å²) in [6, 6.07) is 6.77. The fraction of sp³-hybridized carbons (Fsp3) is 0.538. The van der Waals surface area contributed by atoms with E-state index in [1.165, 1.54) is 12.1 Å². The first-order valence-electron chi connectivity index (χ1n) is 12.3. The smallest absolute Gasteiger partial charge is 0.226 e. The molecule has 5 rings (SSSR count). The number of amides is 1. The maximum Gasteiger partial charge on any atom is 0.226 e. The summed E-state index contributed by atoms with van der Waals surface area (Å²) in [7, 11) is 0. The maximum atomic E-state index is 14.0. The Labute approximate surface area is 200 Å². The normalized spacial score (nSPS) is 27.0. The number of nitrogens with one attached hydrogen (secondary N) is 2. The monoisotopic (exact) mass is 728 g/mol. The summed E-state index contributed by atoms with van der Waals surface area (Å²) in [5.41, 5.74) is 2.82. The van der Waals surface area contributed by atoms with Gasteiger partial charge in [0.1, 0.15) is 5.82 Å². The number of ether oxygens (including phenoxy) is 1. The maximum absolute atomic E-state index is 14.0. The standard InChI is InChI=1S/C26H33FN5O2.Lr/c1-16-12-19-14-29-26(30-21-7-10-34-11-8-21)31-23(19)15-32(16)25(33)22-6-9-28-17(2)24(22)18-4-3-5-20(27)13-18;/h3-5,13-14,16-17,21-22,24,28H,2,6-12,15H2,1H3,(H,29,30,31);/q-1;/t16-,17?,22-,24+;/m1./s1. The van der Waals surface area contributed by atoms with Crippen molar-refractivity contribution in [3.8, 4) is 0 Å². The molecule has 9 heteroatoms. The van der Waals surface area contributed by atoms with E-state index in [9.17, 15) is 9.18 Å². The van der Waals surface area contributed by atoms with Gasteiger partial charge in [0.2, 0.25) is 11.9 Å². The van der Waals surface area contributed by atoms with Gasteiger partial charge < -0.3 is 27.2 Å². The van der Waals surface area contributed by atoms with E-state index in [1.807, 2.05) is 17.2 Å². The topological polar surface area (TPSA) is 79.4 Å². The zero-order valence-electron chi connectivity index (χ0n) is 19.9. The van der Waals surface area contributed by atoms with Crippen LogP contribution in [0.2, 0.25) is 0 Å². The summed E-state index contributed by atoms with van der Waals surface area (Å²) in [6.45, 7) is 9.00. The van der Waals surface area contributed by atoms with E-state index >= 15 is 0 Å². The van der Waals surface area contributed by atoms with Crippen molar-refractivity contribution >= 4 is 11.9 Å². The third kappa shape index (κ3) is 5.10. The summed E-state index contributed by atoms with van der Waals surface area (Å²) in [5, 5.41) is 6.80. The van der Waals surface area contributed by atoms with Crippen molar-refractivity contribution in [1.29, 1.82) is 0 Å². The van der Waals surface area contributed by atoms with Gasteiger partial charge in [-0.2, -0.15) is 0 Å². The number of carbonyl (C=O) groups excluding carboxylic acids is 1. The third-order valence-corrected chi connectivity index (χ3v) is 7.44. The van der Waals surface area contributed by atoms with E-state index in [4.69, 9.17) is 9.72 Å². The SMILES string of the molecule is [CH2-]C1NCC[C@@H](C(=O)N2Cc3nc(NC4CCOCC4)ncc3C[C@H]2C)[C@@H]1c1cccc(F)c1.[Lr]. The van der Waals surface area contributed by atoms with Crippen LogP contribution in [0, 0.1) is 18.7 Å². The van der Waals surface area contributed by atoms with Crippen molar-refractivity contribution < 1.29 is 13.9 Å². The molecular formula is C26H33FLrN5O2-. The van der Waals surface area contributed by atoms with Crippen molar-refractivity contribution in [2.24, 2.45) is 5.92 Å². The van der Waals surface area contributed by atoms with E-state index < -0.39 is 0 Å². The number of carbonyl (C=O) groups is 1. The molecule has 0 aliphatic carbocycles. The molecule has 1 amide bonds. The molecule has 3 aliphatic rings. The van der Waals surface area contributed by atoms with E-state index in [0.717, 1.165) is 55.8 Å². The molecule has 4 heterocycles. The van der Waals surface area contributed by atoms with Crippen molar-refractivity contribution in [1.82, 2.24) is 20.2 Å². The van der Waals surface area contributed by atoms with Crippen LogP contribution in [0.5, 0.6) is 0 Å². The number of fused-ring (bicyclic) bond motifs is 1. The fourth-order valence-electron chi connectivity index (χ4n) is 5.56. The first-order chi connectivity index (χ1) is 16.5. The Morgan fingerprint density at radius 1 is 1.29 bits per heavy atom. The summed E-state index contributed by atoms with van der Waals surface area (Å²) < 4.78 is 19.4. The zero-order chi connectivity index (χ0) is 23.7. The number of rotatable bonds is 4. The van der Waals surface area contributed by atoms with Gasteiger partial charge in [0, 0.05) is 37.4 Å². The first-order valence-corrected chi connectivity index (χ1v) is 12.3. The van der Waals surface area contributed by atoms with Crippen LogP contribution in [-0.2, 0) is 22.5 Å². The number of benzene rings is 1. The molecule has 0 bridgehead atoms. The Bertz CT molecular complexity index is 1030. The Morgan fingerprint density at radius 2 is 2.09 bits per heavy atom. The molecule has 3 aliphatic heterocycles. The van der Waals surface area contributed by atoms with Crippen LogP contribution < -0.4 is 10.6 Å². The predicted molar refractivity (Wildman–Crippen MR) is 128 cm³/mol. The van der Waals surface area contributed by atoms with E-state index in [2.05, 4.69) is 29.5 Å². The average Bonchev–Trinajstić information content (AvgIpc) is 2.84. The minimum absolute atomic E-state index is 0. The van der Waals surface area contributed by atoms with Crippen LogP contribution in [0.15, 0.2) is 30.5 Å². The minimum Gasteiger partial charge on any atom is -0.381 e. The van der Waals surface area contributed by atoms with Gasteiger partial charge in [-0.25, -0.2) is 14.4 Å². The molecule has 0 saturated carbocycles. The Balaban J connectivity index is 0.00000289. The average molecular weight is 729 g/mol. The number of hydrogen-bond acceptors (Lipinski definition) is 6. The van der Waals surface area contributed by atoms with Gasteiger partial charge in [-0.05, 0) is 68.3 Å². The van der Waals surface area contributed by atoms with E-state index in [1.54, 1.807) is 6.07 Å². The molecule has 1 aromatic carbocycles. The minimum atomic E-state index is -0.289. The predicted octanol–water partition coefficient (Wildman–Crippen LogP) is 3.08.